The van der Waals surface area contributed by atoms with E-state index in [2.05, 4.69) is 0 Å². The van der Waals surface area contributed by atoms with E-state index in [1.54, 1.807) is 6.92 Å². The van der Waals surface area contributed by atoms with Crippen molar-refractivity contribution in [3.8, 4) is 6.07 Å². The molecule has 0 aromatic rings. The zero-order valence-corrected chi connectivity index (χ0v) is 9.93. The zero-order chi connectivity index (χ0) is 12.4. The fourth-order valence-corrected chi connectivity index (χ4v) is 1.91. The Labute approximate surface area is 94.2 Å². The van der Waals surface area contributed by atoms with Gasteiger partial charge in [-0.25, -0.2) is 4.57 Å². The smallest absolute Gasteiger partial charge is 0.394 e. The number of nitrogens with zero attached hydrogens (tertiary/aromatic N) is 1. The van der Waals surface area contributed by atoms with Crippen LogP contribution in [0.4, 0.5) is 0 Å². The van der Waals surface area contributed by atoms with E-state index in [0.717, 1.165) is 0 Å². The predicted octanol–water partition coefficient (Wildman–Crippen LogP) is 0.431. The Morgan fingerprint density at radius 2 is 2.12 bits per heavy atom. The van der Waals surface area contributed by atoms with E-state index in [4.69, 9.17) is 29.0 Å². The van der Waals surface area contributed by atoms with Crippen LogP contribution in [0.2, 0.25) is 0 Å². The second-order valence-electron chi connectivity index (χ2n) is 2.74. The summed E-state index contributed by atoms with van der Waals surface area (Å²) in [6.07, 6.45) is -1.09. The van der Waals surface area contributed by atoms with Crippen molar-refractivity contribution in [2.24, 2.45) is 0 Å². The zero-order valence-electron chi connectivity index (χ0n) is 9.03. The van der Waals surface area contributed by atoms with Crippen molar-refractivity contribution in [3.63, 3.8) is 0 Å². The van der Waals surface area contributed by atoms with Crippen LogP contribution < -0.4 is 0 Å². The van der Waals surface area contributed by atoms with E-state index in [0.29, 0.717) is 0 Å². The SMILES string of the molecule is CCOP(=O)(OCCC#N)OC[C@H](O)CO. The molecular weight excluding hydrogens is 237 g/mol. The van der Waals surface area contributed by atoms with E-state index in [9.17, 15) is 4.57 Å². The lowest BCUT2D eigenvalue weighted by atomic mass is 10.4. The molecule has 2 atom stereocenters. The molecule has 0 bridgehead atoms. The highest BCUT2D eigenvalue weighted by Crippen LogP contribution is 2.49. The average molecular weight is 253 g/mol. The summed E-state index contributed by atoms with van der Waals surface area (Å²) in [5, 5.41) is 25.8. The van der Waals surface area contributed by atoms with Gasteiger partial charge in [0.15, 0.2) is 0 Å². The second-order valence-corrected chi connectivity index (χ2v) is 4.41. The molecule has 0 saturated heterocycles. The largest absolute Gasteiger partial charge is 0.474 e. The van der Waals surface area contributed by atoms with Gasteiger partial charge in [-0.3, -0.25) is 13.6 Å². The molecule has 0 fully saturated rings. The molecule has 0 aliphatic rings. The predicted molar refractivity (Wildman–Crippen MR) is 54.5 cm³/mol. The fraction of sp³-hybridized carbons (Fsp3) is 0.875. The summed E-state index contributed by atoms with van der Waals surface area (Å²) in [5.41, 5.74) is 0. The van der Waals surface area contributed by atoms with Crippen LogP contribution in [0.3, 0.4) is 0 Å². The third-order valence-corrected chi connectivity index (χ3v) is 2.92. The molecule has 0 saturated carbocycles. The minimum Gasteiger partial charge on any atom is -0.394 e. The van der Waals surface area contributed by atoms with Crippen LogP contribution in [0.1, 0.15) is 13.3 Å². The third kappa shape index (κ3) is 6.90. The van der Waals surface area contributed by atoms with Gasteiger partial charge in [0.1, 0.15) is 6.10 Å². The van der Waals surface area contributed by atoms with Crippen molar-refractivity contribution in [3.05, 3.63) is 0 Å². The number of nitriles is 1. The number of phosphoric ester groups is 1. The van der Waals surface area contributed by atoms with Crippen LogP contribution in [0.15, 0.2) is 0 Å². The Morgan fingerprint density at radius 3 is 2.62 bits per heavy atom. The van der Waals surface area contributed by atoms with Gasteiger partial charge in [0.2, 0.25) is 0 Å². The molecule has 0 amide bonds. The van der Waals surface area contributed by atoms with Crippen LogP contribution in [0.25, 0.3) is 0 Å². The van der Waals surface area contributed by atoms with Gasteiger partial charge in [-0.1, -0.05) is 0 Å². The first kappa shape index (κ1) is 15.5. The summed E-state index contributed by atoms with van der Waals surface area (Å²) < 4.78 is 26.1. The van der Waals surface area contributed by atoms with Crippen LogP contribution in [-0.4, -0.2) is 42.7 Å². The summed E-state index contributed by atoms with van der Waals surface area (Å²) in [7, 11) is -3.74. The van der Waals surface area contributed by atoms with Crippen LogP contribution in [-0.2, 0) is 18.1 Å². The van der Waals surface area contributed by atoms with E-state index >= 15 is 0 Å². The number of aliphatic hydroxyl groups is 2. The van der Waals surface area contributed by atoms with E-state index in [1.165, 1.54) is 0 Å². The Kier molecular flexibility index (Phi) is 8.39. The highest BCUT2D eigenvalue weighted by molar-refractivity contribution is 7.48. The number of hydrogen-bond acceptors (Lipinski definition) is 7. The van der Waals surface area contributed by atoms with Gasteiger partial charge in [-0.2, -0.15) is 5.26 Å². The molecule has 0 heterocycles. The summed E-state index contributed by atoms with van der Waals surface area (Å²) in [5.74, 6) is 0. The minimum atomic E-state index is -3.74. The second kappa shape index (κ2) is 8.65. The average Bonchev–Trinajstić information content (AvgIpc) is 2.27. The first-order chi connectivity index (χ1) is 7.58. The first-order valence-corrected chi connectivity index (χ1v) is 6.23. The molecule has 1 unspecified atom stereocenters. The molecule has 0 rings (SSSR count). The first-order valence-electron chi connectivity index (χ1n) is 4.77. The van der Waals surface area contributed by atoms with Crippen LogP contribution in [0.5, 0.6) is 0 Å². The maximum Gasteiger partial charge on any atom is 0.474 e. The van der Waals surface area contributed by atoms with Crippen molar-refractivity contribution in [2.45, 2.75) is 19.4 Å². The quantitative estimate of drug-likeness (QED) is 0.453. The summed E-state index contributed by atoms with van der Waals surface area (Å²) >= 11 is 0. The molecule has 94 valence electrons. The van der Waals surface area contributed by atoms with E-state index in [-0.39, 0.29) is 26.2 Å². The molecular formula is C8H16NO6P. The highest BCUT2D eigenvalue weighted by Gasteiger charge is 2.26. The lowest BCUT2D eigenvalue weighted by Crippen LogP contribution is -2.19. The van der Waals surface area contributed by atoms with E-state index in [1.807, 2.05) is 6.07 Å². The topological polar surface area (TPSA) is 109 Å². The van der Waals surface area contributed by atoms with Crippen molar-refractivity contribution >= 4 is 7.82 Å². The van der Waals surface area contributed by atoms with Crippen molar-refractivity contribution in [2.75, 3.05) is 26.4 Å². The number of aliphatic hydroxyl groups excluding tert-OH is 2. The molecule has 0 spiro atoms. The van der Waals surface area contributed by atoms with Crippen molar-refractivity contribution in [1.82, 2.24) is 0 Å². The number of phosphoric acid groups is 1. The van der Waals surface area contributed by atoms with Gasteiger partial charge in [0, 0.05) is 0 Å². The Bertz CT molecular complexity index is 266. The molecule has 0 radical (unpaired) electrons. The Balaban J connectivity index is 4.11. The summed E-state index contributed by atoms with van der Waals surface area (Å²) in [6, 6.07) is 1.81. The molecule has 2 N–H and O–H groups in total. The van der Waals surface area contributed by atoms with Crippen molar-refractivity contribution < 1.29 is 28.3 Å². The van der Waals surface area contributed by atoms with Gasteiger partial charge in [-0.05, 0) is 6.92 Å². The van der Waals surface area contributed by atoms with Crippen molar-refractivity contribution in [1.29, 1.82) is 5.26 Å². The summed E-state index contributed by atoms with van der Waals surface area (Å²) in [4.78, 5) is 0. The fourth-order valence-electron chi connectivity index (χ4n) is 0.703. The van der Waals surface area contributed by atoms with Crippen LogP contribution >= 0.6 is 7.82 Å². The molecule has 8 heteroatoms. The standard InChI is InChI=1S/C8H16NO6P/c1-2-13-16(12,14-5-3-4-9)15-7-8(11)6-10/h8,10-11H,2-3,5-7H2,1H3/t8-,16?/m1/s1. The third-order valence-electron chi connectivity index (χ3n) is 1.39. The van der Waals surface area contributed by atoms with Crippen LogP contribution in [0, 0.1) is 11.3 Å². The number of hydrogen-bond donors (Lipinski definition) is 2. The highest BCUT2D eigenvalue weighted by atomic mass is 31.2. The molecule has 0 aromatic heterocycles. The normalized spacial score (nSPS) is 16.4. The lowest BCUT2D eigenvalue weighted by molar-refractivity contribution is 0.0304. The van der Waals surface area contributed by atoms with E-state index < -0.39 is 20.5 Å². The Hall–Kier alpha value is -0.480. The van der Waals surface area contributed by atoms with Gasteiger partial charge < -0.3 is 10.2 Å². The monoisotopic (exact) mass is 253 g/mol. The van der Waals surface area contributed by atoms with Gasteiger partial charge in [0.25, 0.3) is 0 Å². The van der Waals surface area contributed by atoms with Gasteiger partial charge in [-0.15, -0.1) is 0 Å². The maximum absolute atomic E-state index is 11.7. The molecule has 0 aromatic carbocycles. The summed E-state index contributed by atoms with van der Waals surface area (Å²) in [6.45, 7) is 0.763. The lowest BCUT2D eigenvalue weighted by Gasteiger charge is -2.17. The number of rotatable bonds is 9. The molecule has 0 aliphatic carbocycles. The Morgan fingerprint density at radius 1 is 1.44 bits per heavy atom. The van der Waals surface area contributed by atoms with Gasteiger partial charge >= 0.3 is 7.82 Å². The van der Waals surface area contributed by atoms with Gasteiger partial charge in [0.05, 0.1) is 38.9 Å². The molecule has 0 aliphatic heterocycles. The minimum absolute atomic E-state index is 0.0585. The molecule has 16 heavy (non-hydrogen) atoms. The maximum atomic E-state index is 11.7. The molecule has 7 nitrogen and oxygen atoms in total.